The van der Waals surface area contributed by atoms with Gasteiger partial charge in [0.1, 0.15) is 16.5 Å². The molecule has 0 saturated heterocycles. The lowest BCUT2D eigenvalue weighted by Gasteiger charge is -2.10. The zero-order valence-corrected chi connectivity index (χ0v) is 11.2. The number of rotatable bonds is 4. The SMILES string of the molecule is O=C(O)c1ccc(F)c(NS(=O)(=O)c2ccccc2F)c1. The molecule has 0 fully saturated rings. The van der Waals surface area contributed by atoms with Crippen molar-refractivity contribution in [3.8, 4) is 0 Å². The van der Waals surface area contributed by atoms with Crippen molar-refractivity contribution in [3.05, 3.63) is 59.7 Å². The third kappa shape index (κ3) is 3.16. The number of carboxylic acids is 1. The van der Waals surface area contributed by atoms with E-state index >= 15 is 0 Å². The summed E-state index contributed by atoms with van der Waals surface area (Å²) in [5.74, 6) is -3.32. The van der Waals surface area contributed by atoms with Crippen molar-refractivity contribution in [3.63, 3.8) is 0 Å². The first-order valence-corrected chi connectivity index (χ1v) is 7.10. The lowest BCUT2D eigenvalue weighted by Crippen LogP contribution is -2.16. The third-order valence-corrected chi connectivity index (χ3v) is 3.98. The molecule has 0 spiro atoms. The van der Waals surface area contributed by atoms with Crippen LogP contribution in [0.2, 0.25) is 0 Å². The highest BCUT2D eigenvalue weighted by molar-refractivity contribution is 7.92. The van der Waals surface area contributed by atoms with Gasteiger partial charge in [-0.15, -0.1) is 0 Å². The summed E-state index contributed by atoms with van der Waals surface area (Å²) in [7, 11) is -4.37. The Bertz CT molecular complexity index is 806. The summed E-state index contributed by atoms with van der Waals surface area (Å²) in [5, 5.41) is 8.80. The van der Waals surface area contributed by atoms with Gasteiger partial charge in [-0.25, -0.2) is 22.0 Å². The average Bonchev–Trinajstić information content (AvgIpc) is 2.41. The molecule has 0 aromatic heterocycles. The molecule has 0 aliphatic carbocycles. The molecule has 21 heavy (non-hydrogen) atoms. The second-order valence-corrected chi connectivity index (χ2v) is 5.69. The lowest BCUT2D eigenvalue weighted by atomic mass is 10.2. The summed E-state index contributed by atoms with van der Waals surface area (Å²) in [6.45, 7) is 0. The summed E-state index contributed by atoms with van der Waals surface area (Å²) in [5.41, 5.74) is -0.874. The molecule has 0 amide bonds. The molecule has 2 aromatic rings. The number of hydrogen-bond donors (Lipinski definition) is 2. The molecule has 110 valence electrons. The Balaban J connectivity index is 2.44. The topological polar surface area (TPSA) is 83.5 Å². The molecule has 0 unspecified atom stereocenters. The maximum absolute atomic E-state index is 13.6. The second-order valence-electron chi connectivity index (χ2n) is 4.04. The quantitative estimate of drug-likeness (QED) is 0.908. The van der Waals surface area contributed by atoms with Crippen LogP contribution >= 0.6 is 0 Å². The first-order chi connectivity index (χ1) is 9.81. The molecule has 0 heterocycles. The minimum Gasteiger partial charge on any atom is -0.478 e. The van der Waals surface area contributed by atoms with Crippen LogP contribution in [0.5, 0.6) is 0 Å². The molecule has 2 rings (SSSR count). The zero-order valence-electron chi connectivity index (χ0n) is 10.4. The van der Waals surface area contributed by atoms with Crippen LogP contribution in [0.1, 0.15) is 10.4 Å². The largest absolute Gasteiger partial charge is 0.478 e. The summed E-state index contributed by atoms with van der Waals surface area (Å²) >= 11 is 0. The van der Waals surface area contributed by atoms with Crippen LogP contribution in [0.25, 0.3) is 0 Å². The molecule has 0 bridgehead atoms. The number of halogens is 2. The highest BCUT2D eigenvalue weighted by atomic mass is 32.2. The number of sulfonamides is 1. The summed E-state index contributed by atoms with van der Waals surface area (Å²) in [4.78, 5) is 10.1. The molecule has 0 aliphatic heterocycles. The molecular formula is C13H9F2NO4S. The molecule has 8 heteroatoms. The maximum atomic E-state index is 13.6. The number of benzene rings is 2. The predicted molar refractivity (Wildman–Crippen MR) is 70.6 cm³/mol. The monoisotopic (exact) mass is 313 g/mol. The first kappa shape index (κ1) is 14.9. The Labute approximate surface area is 118 Å². The first-order valence-electron chi connectivity index (χ1n) is 5.61. The third-order valence-electron chi connectivity index (χ3n) is 2.58. The normalized spacial score (nSPS) is 11.1. The van der Waals surface area contributed by atoms with Crippen molar-refractivity contribution in [2.45, 2.75) is 4.90 Å². The van der Waals surface area contributed by atoms with Gasteiger partial charge >= 0.3 is 5.97 Å². The predicted octanol–water partition coefficient (Wildman–Crippen LogP) is 2.46. The maximum Gasteiger partial charge on any atom is 0.335 e. The fourth-order valence-corrected chi connectivity index (χ4v) is 2.74. The van der Waals surface area contributed by atoms with E-state index in [1.54, 1.807) is 0 Å². The molecule has 0 radical (unpaired) electrons. The van der Waals surface area contributed by atoms with E-state index in [1.165, 1.54) is 12.1 Å². The van der Waals surface area contributed by atoms with Gasteiger partial charge in [0.2, 0.25) is 0 Å². The van der Waals surface area contributed by atoms with E-state index in [2.05, 4.69) is 0 Å². The lowest BCUT2D eigenvalue weighted by molar-refractivity contribution is 0.0697. The van der Waals surface area contributed by atoms with E-state index in [9.17, 15) is 22.0 Å². The minimum absolute atomic E-state index is 0.303. The van der Waals surface area contributed by atoms with Crippen molar-refractivity contribution in [2.75, 3.05) is 4.72 Å². The Kier molecular flexibility index (Phi) is 3.90. The van der Waals surface area contributed by atoms with Crippen LogP contribution in [0.4, 0.5) is 14.5 Å². The van der Waals surface area contributed by atoms with Gasteiger partial charge < -0.3 is 5.11 Å². The van der Waals surface area contributed by atoms with Gasteiger partial charge in [-0.3, -0.25) is 4.72 Å². The number of aromatic carboxylic acids is 1. The number of anilines is 1. The average molecular weight is 313 g/mol. The van der Waals surface area contributed by atoms with E-state index in [4.69, 9.17) is 5.11 Å². The number of hydrogen-bond acceptors (Lipinski definition) is 3. The second kappa shape index (κ2) is 5.49. The fraction of sp³-hybridized carbons (Fsp3) is 0. The van der Waals surface area contributed by atoms with Crippen molar-refractivity contribution in [1.29, 1.82) is 0 Å². The Morgan fingerprint density at radius 2 is 1.71 bits per heavy atom. The number of carbonyl (C=O) groups is 1. The smallest absolute Gasteiger partial charge is 0.335 e. The van der Waals surface area contributed by atoms with E-state index in [-0.39, 0.29) is 5.56 Å². The van der Waals surface area contributed by atoms with Gasteiger partial charge in [0.25, 0.3) is 10.0 Å². The van der Waals surface area contributed by atoms with Crippen molar-refractivity contribution < 1.29 is 27.1 Å². The molecule has 2 aromatic carbocycles. The summed E-state index contributed by atoms with van der Waals surface area (Å²) in [6, 6.07) is 7.17. The number of carboxylic acid groups (broad SMARTS) is 1. The van der Waals surface area contributed by atoms with E-state index in [1.807, 2.05) is 4.72 Å². The van der Waals surface area contributed by atoms with Crippen LogP contribution in [-0.4, -0.2) is 19.5 Å². The standard InChI is InChI=1S/C13H9F2NO4S/c14-9-6-5-8(13(17)18)7-11(9)16-21(19,20)12-4-2-1-3-10(12)15/h1-7,16H,(H,17,18). The summed E-state index contributed by atoms with van der Waals surface area (Å²) in [6.07, 6.45) is 0. The van der Waals surface area contributed by atoms with Gasteiger partial charge in [-0.05, 0) is 30.3 Å². The van der Waals surface area contributed by atoms with Crippen molar-refractivity contribution in [1.82, 2.24) is 0 Å². The van der Waals surface area contributed by atoms with Crippen LogP contribution in [0, 0.1) is 11.6 Å². The van der Waals surface area contributed by atoms with E-state index in [0.717, 1.165) is 30.3 Å². The van der Waals surface area contributed by atoms with Crippen LogP contribution in [-0.2, 0) is 10.0 Å². The zero-order chi connectivity index (χ0) is 15.6. The Morgan fingerprint density at radius 1 is 1.05 bits per heavy atom. The van der Waals surface area contributed by atoms with Crippen LogP contribution in [0.3, 0.4) is 0 Å². The van der Waals surface area contributed by atoms with Gasteiger partial charge in [0, 0.05) is 0 Å². The highest BCUT2D eigenvalue weighted by Crippen LogP contribution is 2.22. The molecule has 0 aliphatic rings. The molecule has 0 atom stereocenters. The van der Waals surface area contributed by atoms with Gasteiger partial charge in [0.05, 0.1) is 11.3 Å². The van der Waals surface area contributed by atoms with Gasteiger partial charge in [0.15, 0.2) is 0 Å². The molecule has 0 saturated carbocycles. The van der Waals surface area contributed by atoms with Crippen LogP contribution in [0.15, 0.2) is 47.4 Å². The highest BCUT2D eigenvalue weighted by Gasteiger charge is 2.20. The van der Waals surface area contributed by atoms with E-state index < -0.39 is 38.2 Å². The van der Waals surface area contributed by atoms with Crippen molar-refractivity contribution >= 4 is 21.7 Å². The molecule has 5 nitrogen and oxygen atoms in total. The Morgan fingerprint density at radius 3 is 2.33 bits per heavy atom. The van der Waals surface area contributed by atoms with Crippen LogP contribution < -0.4 is 4.72 Å². The fourth-order valence-electron chi connectivity index (χ4n) is 1.60. The van der Waals surface area contributed by atoms with Gasteiger partial charge in [-0.2, -0.15) is 0 Å². The van der Waals surface area contributed by atoms with Gasteiger partial charge in [-0.1, -0.05) is 12.1 Å². The minimum atomic E-state index is -4.37. The number of nitrogens with one attached hydrogen (secondary N) is 1. The summed E-state index contributed by atoms with van der Waals surface area (Å²) < 4.78 is 52.9. The molecular weight excluding hydrogens is 304 g/mol. The Hall–Kier alpha value is -2.48. The molecule has 2 N–H and O–H groups in total. The van der Waals surface area contributed by atoms with Crippen molar-refractivity contribution in [2.24, 2.45) is 0 Å². The van der Waals surface area contributed by atoms with E-state index in [0.29, 0.717) is 0 Å².